The van der Waals surface area contributed by atoms with Gasteiger partial charge in [0.05, 0.1) is 5.75 Å². The monoisotopic (exact) mass is 386 g/mol. The molecule has 0 atom stereocenters. The molecule has 0 unspecified atom stereocenters. The molecule has 7 nitrogen and oxygen atoms in total. The number of benzene rings is 1. The van der Waals surface area contributed by atoms with Gasteiger partial charge in [0.15, 0.2) is 0 Å². The van der Waals surface area contributed by atoms with Crippen LogP contribution in [-0.4, -0.2) is 29.7 Å². The number of hydrogen-bond acceptors (Lipinski definition) is 7. The van der Waals surface area contributed by atoms with Gasteiger partial charge in [-0.25, -0.2) is 9.50 Å². The predicted molar refractivity (Wildman–Crippen MR) is 99.3 cm³/mol. The summed E-state index contributed by atoms with van der Waals surface area (Å²) in [6.07, 6.45) is 0. The Morgan fingerprint density at radius 3 is 2.62 bits per heavy atom. The molecule has 0 radical (unpaired) electrons. The van der Waals surface area contributed by atoms with Crippen LogP contribution in [0.2, 0.25) is 5.02 Å². The number of fused-ring (bicyclic) bond motifs is 1. The molecular formula is C17H15ClN6OS. The van der Waals surface area contributed by atoms with Crippen molar-refractivity contribution in [1.82, 2.24) is 29.7 Å². The SMILES string of the molecule is Cc1nc2nc(SCc3nc(-c4ccc(Cl)cc4)no3)nn2c(C)c1C. The van der Waals surface area contributed by atoms with Gasteiger partial charge in [0.25, 0.3) is 5.78 Å². The Hall–Kier alpha value is -2.45. The minimum atomic E-state index is 0.481. The van der Waals surface area contributed by atoms with Gasteiger partial charge in [-0.2, -0.15) is 9.97 Å². The van der Waals surface area contributed by atoms with Crippen molar-refractivity contribution < 1.29 is 4.52 Å². The van der Waals surface area contributed by atoms with Gasteiger partial charge in [0.1, 0.15) is 0 Å². The van der Waals surface area contributed by atoms with E-state index in [4.69, 9.17) is 16.1 Å². The Balaban J connectivity index is 1.52. The minimum absolute atomic E-state index is 0.481. The van der Waals surface area contributed by atoms with Gasteiger partial charge in [-0.3, -0.25) is 0 Å². The molecule has 0 fully saturated rings. The van der Waals surface area contributed by atoms with E-state index in [1.807, 2.05) is 32.9 Å². The third-order valence-electron chi connectivity index (χ3n) is 4.14. The van der Waals surface area contributed by atoms with Crippen LogP contribution in [0.3, 0.4) is 0 Å². The van der Waals surface area contributed by atoms with Crippen molar-refractivity contribution in [3.8, 4) is 11.4 Å². The predicted octanol–water partition coefficient (Wildman–Crippen LogP) is 4.05. The highest BCUT2D eigenvalue weighted by Gasteiger charge is 2.14. The molecule has 0 aliphatic carbocycles. The van der Waals surface area contributed by atoms with Crippen LogP contribution in [0.5, 0.6) is 0 Å². The van der Waals surface area contributed by atoms with E-state index in [1.165, 1.54) is 11.8 Å². The van der Waals surface area contributed by atoms with Gasteiger partial charge in [0.2, 0.25) is 16.9 Å². The van der Waals surface area contributed by atoms with Crippen LogP contribution < -0.4 is 0 Å². The number of aromatic nitrogens is 6. The second-order valence-electron chi connectivity index (χ2n) is 5.82. The largest absolute Gasteiger partial charge is 0.338 e. The summed E-state index contributed by atoms with van der Waals surface area (Å²) < 4.78 is 7.08. The van der Waals surface area contributed by atoms with Crippen molar-refractivity contribution in [2.45, 2.75) is 31.7 Å². The first-order valence-electron chi connectivity index (χ1n) is 7.93. The zero-order valence-electron chi connectivity index (χ0n) is 14.4. The van der Waals surface area contributed by atoms with Crippen molar-refractivity contribution in [3.05, 3.63) is 52.1 Å². The normalized spacial score (nSPS) is 11.4. The highest BCUT2D eigenvalue weighted by molar-refractivity contribution is 7.98. The molecule has 0 saturated heterocycles. The molecule has 0 amide bonds. The molecule has 4 rings (SSSR count). The zero-order chi connectivity index (χ0) is 18.3. The van der Waals surface area contributed by atoms with Crippen LogP contribution in [0.4, 0.5) is 0 Å². The van der Waals surface area contributed by atoms with Crippen LogP contribution in [0.15, 0.2) is 33.9 Å². The van der Waals surface area contributed by atoms with E-state index >= 15 is 0 Å². The first-order chi connectivity index (χ1) is 12.5. The van der Waals surface area contributed by atoms with E-state index in [1.54, 1.807) is 16.6 Å². The molecule has 26 heavy (non-hydrogen) atoms. The van der Waals surface area contributed by atoms with E-state index in [2.05, 4.69) is 25.2 Å². The van der Waals surface area contributed by atoms with Crippen molar-refractivity contribution in [1.29, 1.82) is 0 Å². The Morgan fingerprint density at radius 1 is 1.08 bits per heavy atom. The quantitative estimate of drug-likeness (QED) is 0.489. The average molecular weight is 387 g/mol. The average Bonchev–Trinajstić information content (AvgIpc) is 3.25. The summed E-state index contributed by atoms with van der Waals surface area (Å²) >= 11 is 7.33. The van der Waals surface area contributed by atoms with E-state index in [0.29, 0.717) is 33.4 Å². The molecule has 0 bridgehead atoms. The number of halogens is 1. The topological polar surface area (TPSA) is 82.0 Å². The second-order valence-corrected chi connectivity index (χ2v) is 7.20. The fourth-order valence-electron chi connectivity index (χ4n) is 2.45. The lowest BCUT2D eigenvalue weighted by atomic mass is 10.2. The third kappa shape index (κ3) is 3.17. The molecule has 0 aliphatic heterocycles. The van der Waals surface area contributed by atoms with Gasteiger partial charge < -0.3 is 4.52 Å². The van der Waals surface area contributed by atoms with Gasteiger partial charge >= 0.3 is 0 Å². The maximum atomic E-state index is 5.90. The molecule has 0 aliphatic rings. The van der Waals surface area contributed by atoms with Gasteiger partial charge in [-0.1, -0.05) is 28.5 Å². The molecule has 9 heteroatoms. The number of nitrogens with zero attached hydrogens (tertiary/aromatic N) is 6. The summed E-state index contributed by atoms with van der Waals surface area (Å²) in [6.45, 7) is 6.01. The molecule has 1 aromatic carbocycles. The molecule has 4 aromatic rings. The fraction of sp³-hybridized carbons (Fsp3) is 0.235. The van der Waals surface area contributed by atoms with E-state index < -0.39 is 0 Å². The first kappa shape index (κ1) is 17.0. The van der Waals surface area contributed by atoms with E-state index in [-0.39, 0.29) is 0 Å². The lowest BCUT2D eigenvalue weighted by Gasteiger charge is -2.04. The Morgan fingerprint density at radius 2 is 1.85 bits per heavy atom. The van der Waals surface area contributed by atoms with E-state index in [9.17, 15) is 0 Å². The summed E-state index contributed by atoms with van der Waals surface area (Å²) in [6, 6.07) is 7.29. The first-order valence-corrected chi connectivity index (χ1v) is 9.29. The van der Waals surface area contributed by atoms with Crippen LogP contribution in [-0.2, 0) is 5.75 Å². The number of hydrogen-bond donors (Lipinski definition) is 0. The minimum Gasteiger partial charge on any atom is -0.338 e. The summed E-state index contributed by atoms with van der Waals surface area (Å²) in [4.78, 5) is 13.3. The molecule has 3 aromatic heterocycles. The summed E-state index contributed by atoms with van der Waals surface area (Å²) in [5, 5.41) is 9.80. The van der Waals surface area contributed by atoms with Crippen molar-refractivity contribution in [2.24, 2.45) is 0 Å². The molecule has 132 valence electrons. The highest BCUT2D eigenvalue weighted by Crippen LogP contribution is 2.23. The molecule has 0 spiro atoms. The van der Waals surface area contributed by atoms with Gasteiger partial charge in [-0.15, -0.1) is 5.10 Å². The maximum Gasteiger partial charge on any atom is 0.253 e. The van der Waals surface area contributed by atoms with Crippen LogP contribution in [0, 0.1) is 20.8 Å². The lowest BCUT2D eigenvalue weighted by molar-refractivity contribution is 0.391. The Labute approximate surface area is 158 Å². The smallest absolute Gasteiger partial charge is 0.253 e. The van der Waals surface area contributed by atoms with Crippen LogP contribution in [0.25, 0.3) is 17.2 Å². The van der Waals surface area contributed by atoms with Crippen molar-refractivity contribution in [2.75, 3.05) is 0 Å². The number of rotatable bonds is 4. The molecule has 3 heterocycles. The van der Waals surface area contributed by atoms with Crippen LogP contribution >= 0.6 is 23.4 Å². The second kappa shape index (κ2) is 6.69. The van der Waals surface area contributed by atoms with Gasteiger partial charge in [-0.05, 0) is 50.6 Å². The lowest BCUT2D eigenvalue weighted by Crippen LogP contribution is -2.02. The Kier molecular flexibility index (Phi) is 4.37. The third-order valence-corrected chi connectivity index (χ3v) is 5.21. The number of thioether (sulfide) groups is 1. The molecule has 0 N–H and O–H groups in total. The van der Waals surface area contributed by atoms with Crippen LogP contribution in [0.1, 0.15) is 22.8 Å². The van der Waals surface area contributed by atoms with Gasteiger partial charge in [0, 0.05) is 22.0 Å². The highest BCUT2D eigenvalue weighted by atomic mass is 35.5. The summed E-state index contributed by atoms with van der Waals surface area (Å²) in [7, 11) is 0. The Bertz CT molecular complexity index is 1090. The van der Waals surface area contributed by atoms with Crippen molar-refractivity contribution >= 4 is 29.1 Å². The standard InChI is InChI=1S/C17H15ClN6OS/c1-9-10(2)19-16-21-17(22-24(16)11(9)3)26-8-14-20-15(23-25-14)12-4-6-13(18)7-5-12/h4-7H,8H2,1-3H3. The van der Waals surface area contributed by atoms with E-state index in [0.717, 1.165) is 22.5 Å². The molecular weight excluding hydrogens is 372 g/mol. The summed E-state index contributed by atoms with van der Waals surface area (Å²) in [5.41, 5.74) is 3.97. The van der Waals surface area contributed by atoms with Crippen molar-refractivity contribution in [3.63, 3.8) is 0 Å². The fourth-order valence-corrected chi connectivity index (χ4v) is 3.24. The zero-order valence-corrected chi connectivity index (χ0v) is 16.0. The molecule has 0 saturated carbocycles. The number of aryl methyl sites for hydroxylation is 2. The maximum absolute atomic E-state index is 5.90. The summed E-state index contributed by atoms with van der Waals surface area (Å²) in [5.74, 6) is 2.12.